The van der Waals surface area contributed by atoms with Crippen LogP contribution in [0.4, 0.5) is 0 Å². The van der Waals surface area contributed by atoms with E-state index in [-0.39, 0.29) is 12.5 Å². The molecule has 0 heterocycles. The first kappa shape index (κ1) is 62.4. The van der Waals surface area contributed by atoms with Gasteiger partial charge in [0.15, 0.2) is 0 Å². The Labute approximate surface area is 404 Å². The quantitative estimate of drug-likeness (QED) is 0.0273. The molecular formula is C57H93N2O6P. The third-order valence-corrected chi connectivity index (χ3v) is 11.1. The Balaban J connectivity index is 4.17. The van der Waals surface area contributed by atoms with Gasteiger partial charge in [-0.15, -0.1) is 0 Å². The number of likely N-dealkylation sites (N-methyl/N-ethyl adjacent to an activating group) is 1. The van der Waals surface area contributed by atoms with Crippen LogP contribution in [0.15, 0.2) is 146 Å². The van der Waals surface area contributed by atoms with Crippen LogP contribution in [-0.2, 0) is 18.4 Å². The van der Waals surface area contributed by atoms with Crippen molar-refractivity contribution in [2.24, 2.45) is 0 Å². The van der Waals surface area contributed by atoms with Gasteiger partial charge in [0.05, 0.1) is 39.9 Å². The van der Waals surface area contributed by atoms with E-state index in [0.29, 0.717) is 23.9 Å². The van der Waals surface area contributed by atoms with E-state index >= 15 is 0 Å². The number of quaternary nitrogens is 1. The number of allylic oxidation sites excluding steroid dienone is 23. The van der Waals surface area contributed by atoms with Crippen LogP contribution >= 0.6 is 7.82 Å². The highest BCUT2D eigenvalue weighted by molar-refractivity contribution is 7.45. The fraction of sp³-hybridized carbons (Fsp3) is 0.561. The fourth-order valence-electron chi connectivity index (χ4n) is 6.18. The molecule has 8 nitrogen and oxygen atoms in total. The molecule has 3 unspecified atom stereocenters. The second kappa shape index (κ2) is 46.5. The van der Waals surface area contributed by atoms with Gasteiger partial charge in [0.25, 0.3) is 7.82 Å². The maximum absolute atomic E-state index is 12.8. The maximum atomic E-state index is 12.8. The Morgan fingerprint density at radius 3 is 1.41 bits per heavy atom. The Hall–Kier alpha value is -3.62. The van der Waals surface area contributed by atoms with Gasteiger partial charge >= 0.3 is 0 Å². The zero-order valence-corrected chi connectivity index (χ0v) is 43.0. The van der Waals surface area contributed by atoms with Gasteiger partial charge in [0.1, 0.15) is 13.2 Å². The van der Waals surface area contributed by atoms with E-state index in [4.69, 9.17) is 9.05 Å². The second-order valence-corrected chi connectivity index (χ2v) is 18.8. The maximum Gasteiger partial charge on any atom is 0.268 e. The van der Waals surface area contributed by atoms with Gasteiger partial charge in [-0.1, -0.05) is 185 Å². The minimum absolute atomic E-state index is 0.0202. The number of nitrogens with zero attached hydrogens (tertiary/aromatic N) is 1. The molecule has 1 amide bonds. The van der Waals surface area contributed by atoms with Crippen LogP contribution in [0.25, 0.3) is 0 Å². The number of amides is 1. The van der Waals surface area contributed by atoms with Crippen LogP contribution in [0.3, 0.4) is 0 Å². The molecule has 0 bridgehead atoms. The summed E-state index contributed by atoms with van der Waals surface area (Å²) in [5, 5.41) is 13.7. The molecule has 3 atom stereocenters. The van der Waals surface area contributed by atoms with E-state index in [1.54, 1.807) is 6.08 Å². The van der Waals surface area contributed by atoms with E-state index in [2.05, 4.69) is 140 Å². The van der Waals surface area contributed by atoms with E-state index in [0.717, 1.165) is 109 Å². The van der Waals surface area contributed by atoms with Crippen LogP contribution in [0.2, 0.25) is 0 Å². The highest BCUT2D eigenvalue weighted by atomic mass is 31.2. The molecule has 0 saturated heterocycles. The summed E-state index contributed by atoms with van der Waals surface area (Å²) in [7, 11) is 1.20. The number of phosphoric acid groups is 1. The molecule has 0 fully saturated rings. The minimum Gasteiger partial charge on any atom is -0.756 e. The zero-order valence-electron chi connectivity index (χ0n) is 42.1. The first-order chi connectivity index (χ1) is 32.0. The number of hydrogen-bond acceptors (Lipinski definition) is 6. The minimum atomic E-state index is -4.61. The number of rotatable bonds is 43. The fourth-order valence-corrected chi connectivity index (χ4v) is 6.90. The summed E-state index contributed by atoms with van der Waals surface area (Å²) < 4.78 is 23.1. The van der Waals surface area contributed by atoms with Gasteiger partial charge in [-0.25, -0.2) is 0 Å². The van der Waals surface area contributed by atoms with Gasteiger partial charge in [-0.3, -0.25) is 9.36 Å². The van der Waals surface area contributed by atoms with Crippen molar-refractivity contribution in [3.05, 3.63) is 146 Å². The SMILES string of the molecule is C/C=C/CC/C=C/CC/C=C/C(O)C(COP(=O)([O-])OCC[N+](C)(C)C)NC(=O)CCCCCCCCC/C=C\C/C=C\C/C=C\C/C=C\C/C=C\C/C=C\C/C=C\C/C=C\C/C=C\CC. The highest BCUT2D eigenvalue weighted by Crippen LogP contribution is 2.38. The first-order valence-corrected chi connectivity index (χ1v) is 26.6. The van der Waals surface area contributed by atoms with Crippen molar-refractivity contribution in [3.63, 3.8) is 0 Å². The van der Waals surface area contributed by atoms with E-state index in [1.807, 2.05) is 40.2 Å². The van der Waals surface area contributed by atoms with Crippen LogP contribution < -0.4 is 10.2 Å². The number of phosphoric ester groups is 1. The topological polar surface area (TPSA) is 108 Å². The van der Waals surface area contributed by atoms with Gasteiger partial charge < -0.3 is 28.8 Å². The van der Waals surface area contributed by atoms with Crippen molar-refractivity contribution in [3.8, 4) is 0 Å². The Kier molecular flexibility index (Phi) is 43.9. The third kappa shape index (κ3) is 48.3. The summed E-state index contributed by atoms with van der Waals surface area (Å²) in [6.45, 7) is 4.22. The van der Waals surface area contributed by atoms with Crippen molar-refractivity contribution in [2.75, 3.05) is 40.9 Å². The summed E-state index contributed by atoms with van der Waals surface area (Å²) in [6, 6.07) is -0.924. The lowest BCUT2D eigenvalue weighted by molar-refractivity contribution is -0.870. The summed E-state index contributed by atoms with van der Waals surface area (Å²) >= 11 is 0. The van der Waals surface area contributed by atoms with Gasteiger partial charge in [-0.2, -0.15) is 0 Å². The molecule has 0 aromatic heterocycles. The van der Waals surface area contributed by atoms with E-state index in [1.165, 1.54) is 19.3 Å². The largest absolute Gasteiger partial charge is 0.756 e. The molecule has 0 radical (unpaired) electrons. The molecule has 0 spiro atoms. The van der Waals surface area contributed by atoms with E-state index < -0.39 is 26.6 Å². The monoisotopic (exact) mass is 933 g/mol. The Morgan fingerprint density at radius 1 is 0.561 bits per heavy atom. The molecule has 0 aliphatic rings. The average molecular weight is 933 g/mol. The molecular weight excluding hydrogens is 840 g/mol. The molecule has 0 aromatic rings. The molecule has 0 saturated carbocycles. The molecule has 66 heavy (non-hydrogen) atoms. The predicted octanol–water partition coefficient (Wildman–Crippen LogP) is 14.3. The standard InChI is InChI=1S/C57H93N2O6P/c1-6-8-10-12-14-16-17-18-19-20-21-22-23-24-25-26-27-28-29-30-31-32-33-34-35-36-37-38-39-40-41-43-45-47-49-51-57(61)58-55(54-65-66(62,63)64-53-52-59(3,4)5)56(60)50-48-46-44-42-15-13-11-9-7-2/h7-10,14-16,18-19,21-22,24-25,27-28,30-31,33-34,36-37,42,48,50,55-56,60H,6,11-13,17,20,23,26,29,32,35,38-41,43-47,49,51-54H2,1-5H3,(H-,58,61,62,63)/b9-7+,10-8-,16-14-,19-18-,22-21-,25-24-,28-27-,31-30-,34-33-,37-36-,42-15+,50-48+. The lowest BCUT2D eigenvalue weighted by atomic mass is 10.1. The van der Waals surface area contributed by atoms with Crippen LogP contribution in [0, 0.1) is 0 Å². The van der Waals surface area contributed by atoms with Gasteiger partial charge in [0, 0.05) is 6.42 Å². The number of carbonyl (C=O) groups excluding carboxylic acids is 1. The summed E-state index contributed by atoms with van der Waals surface area (Å²) in [5.74, 6) is -0.235. The molecule has 9 heteroatoms. The number of aliphatic hydroxyl groups is 1. The first-order valence-electron chi connectivity index (χ1n) is 25.2. The Morgan fingerprint density at radius 2 is 0.955 bits per heavy atom. The van der Waals surface area contributed by atoms with E-state index in [9.17, 15) is 19.4 Å². The third-order valence-electron chi connectivity index (χ3n) is 10.1. The smallest absolute Gasteiger partial charge is 0.268 e. The molecule has 2 N–H and O–H groups in total. The van der Waals surface area contributed by atoms with Crippen LogP contribution in [0.5, 0.6) is 0 Å². The molecule has 0 rings (SSSR count). The lowest BCUT2D eigenvalue weighted by Gasteiger charge is -2.29. The van der Waals surface area contributed by atoms with Crippen LogP contribution in [-0.4, -0.2) is 68.5 Å². The van der Waals surface area contributed by atoms with Crippen molar-refractivity contribution < 1.29 is 32.9 Å². The summed E-state index contributed by atoms with van der Waals surface area (Å²) in [4.78, 5) is 25.3. The predicted molar refractivity (Wildman–Crippen MR) is 283 cm³/mol. The molecule has 372 valence electrons. The number of unbranched alkanes of at least 4 members (excludes halogenated alkanes) is 9. The molecule has 0 aliphatic heterocycles. The Bertz CT molecular complexity index is 1570. The summed E-state index contributed by atoms with van der Waals surface area (Å²) in [6.07, 6.45) is 72.3. The normalized spacial score (nSPS) is 15.3. The van der Waals surface area contributed by atoms with Crippen molar-refractivity contribution in [2.45, 2.75) is 167 Å². The second-order valence-electron chi connectivity index (χ2n) is 17.4. The average Bonchev–Trinajstić information content (AvgIpc) is 3.28. The highest BCUT2D eigenvalue weighted by Gasteiger charge is 2.23. The number of carbonyl (C=O) groups is 1. The zero-order chi connectivity index (χ0) is 48.5. The van der Waals surface area contributed by atoms with Crippen molar-refractivity contribution in [1.82, 2.24) is 5.32 Å². The van der Waals surface area contributed by atoms with Gasteiger partial charge in [-0.05, 0) is 110 Å². The number of hydrogen-bond donors (Lipinski definition) is 2. The van der Waals surface area contributed by atoms with Crippen molar-refractivity contribution in [1.29, 1.82) is 0 Å². The lowest BCUT2D eigenvalue weighted by Crippen LogP contribution is -2.45. The molecule has 0 aromatic carbocycles. The van der Waals surface area contributed by atoms with Crippen molar-refractivity contribution >= 4 is 13.7 Å². The summed E-state index contributed by atoms with van der Waals surface area (Å²) in [5.41, 5.74) is 0. The van der Waals surface area contributed by atoms with Gasteiger partial charge in [0.2, 0.25) is 5.91 Å². The number of aliphatic hydroxyl groups excluding tert-OH is 1. The number of nitrogens with one attached hydrogen (secondary N) is 1. The van der Waals surface area contributed by atoms with Crippen LogP contribution in [0.1, 0.15) is 155 Å². The molecule has 0 aliphatic carbocycles.